The van der Waals surface area contributed by atoms with E-state index in [1.165, 1.54) is 22.3 Å². The number of benzene rings is 2. The molecule has 3 aliphatic rings. The second-order valence-electron chi connectivity index (χ2n) is 8.18. The van der Waals surface area contributed by atoms with Crippen molar-refractivity contribution in [3.05, 3.63) is 59.7 Å². The molecule has 1 N–H and O–H groups in total. The number of fused-ring (bicyclic) bond motifs is 3. The van der Waals surface area contributed by atoms with Crippen LogP contribution < -0.4 is 0 Å². The summed E-state index contributed by atoms with van der Waals surface area (Å²) in [6.07, 6.45) is 3.91. The minimum atomic E-state index is -0.289. The van der Waals surface area contributed by atoms with Crippen LogP contribution in [0.2, 0.25) is 0 Å². The molecule has 2 aromatic rings. The number of amides is 1. The molecule has 1 spiro atoms. The van der Waals surface area contributed by atoms with Gasteiger partial charge in [0.2, 0.25) is 0 Å². The van der Waals surface area contributed by atoms with Crippen LogP contribution in [-0.4, -0.2) is 40.9 Å². The quantitative estimate of drug-likeness (QED) is 0.865. The molecule has 4 nitrogen and oxygen atoms in total. The van der Waals surface area contributed by atoms with Crippen LogP contribution in [0.4, 0.5) is 4.79 Å². The summed E-state index contributed by atoms with van der Waals surface area (Å²) in [5, 5.41) is 10.1. The second kappa shape index (κ2) is 6.38. The Kier molecular flexibility index (Phi) is 3.97. The Labute approximate surface area is 159 Å². The fourth-order valence-electron chi connectivity index (χ4n) is 5.18. The summed E-state index contributed by atoms with van der Waals surface area (Å²) in [4.78, 5) is 14.8. The van der Waals surface area contributed by atoms with Crippen LogP contribution in [0.5, 0.6) is 0 Å². The molecular formula is C23H25NO3. The van der Waals surface area contributed by atoms with E-state index in [0.29, 0.717) is 26.0 Å². The Bertz CT molecular complexity index is 828. The zero-order chi connectivity index (χ0) is 18.4. The van der Waals surface area contributed by atoms with Crippen LogP contribution >= 0.6 is 0 Å². The first-order valence-electron chi connectivity index (χ1n) is 9.99. The van der Waals surface area contributed by atoms with Gasteiger partial charge in [0.15, 0.2) is 0 Å². The van der Waals surface area contributed by atoms with Gasteiger partial charge in [-0.2, -0.15) is 0 Å². The van der Waals surface area contributed by atoms with Gasteiger partial charge in [-0.15, -0.1) is 0 Å². The lowest BCUT2D eigenvalue weighted by atomic mass is 9.69. The van der Waals surface area contributed by atoms with E-state index in [-0.39, 0.29) is 23.7 Å². The van der Waals surface area contributed by atoms with E-state index >= 15 is 0 Å². The number of nitrogens with zero attached hydrogens (tertiary/aromatic N) is 1. The summed E-state index contributed by atoms with van der Waals surface area (Å²) in [5.74, 6) is 0.0917. The van der Waals surface area contributed by atoms with E-state index in [1.54, 1.807) is 0 Å². The summed E-state index contributed by atoms with van der Waals surface area (Å²) >= 11 is 0. The Morgan fingerprint density at radius 2 is 1.70 bits per heavy atom. The topological polar surface area (TPSA) is 49.8 Å². The van der Waals surface area contributed by atoms with E-state index in [4.69, 9.17) is 4.74 Å². The van der Waals surface area contributed by atoms with Crippen LogP contribution in [0, 0.1) is 0 Å². The van der Waals surface area contributed by atoms with Gasteiger partial charge in [0.05, 0.1) is 6.10 Å². The number of carbonyl (C=O) groups is 1. The summed E-state index contributed by atoms with van der Waals surface area (Å²) < 4.78 is 5.85. The number of rotatable bonds is 2. The van der Waals surface area contributed by atoms with Crippen molar-refractivity contribution in [3.63, 3.8) is 0 Å². The number of piperidine rings is 1. The van der Waals surface area contributed by atoms with Gasteiger partial charge in [-0.3, -0.25) is 0 Å². The third-order valence-corrected chi connectivity index (χ3v) is 6.71. The summed E-state index contributed by atoms with van der Waals surface area (Å²) in [7, 11) is 0. The zero-order valence-corrected chi connectivity index (χ0v) is 15.4. The monoisotopic (exact) mass is 363 g/mol. The van der Waals surface area contributed by atoms with Gasteiger partial charge in [0.25, 0.3) is 0 Å². The number of aliphatic hydroxyl groups is 1. The number of hydrogen-bond acceptors (Lipinski definition) is 3. The Balaban J connectivity index is 1.35. The van der Waals surface area contributed by atoms with Crippen molar-refractivity contribution < 1.29 is 14.6 Å². The van der Waals surface area contributed by atoms with Crippen molar-refractivity contribution in [2.24, 2.45) is 0 Å². The fourth-order valence-corrected chi connectivity index (χ4v) is 5.18. The van der Waals surface area contributed by atoms with Gasteiger partial charge in [-0.25, -0.2) is 4.79 Å². The Morgan fingerprint density at radius 3 is 2.30 bits per heavy atom. The molecule has 2 aromatic carbocycles. The predicted molar refractivity (Wildman–Crippen MR) is 104 cm³/mol. The molecule has 2 fully saturated rings. The lowest BCUT2D eigenvalue weighted by Crippen LogP contribution is -2.61. The molecule has 2 aliphatic carbocycles. The van der Waals surface area contributed by atoms with Gasteiger partial charge < -0.3 is 14.7 Å². The van der Waals surface area contributed by atoms with Crippen LogP contribution in [0.3, 0.4) is 0 Å². The van der Waals surface area contributed by atoms with E-state index in [9.17, 15) is 9.90 Å². The van der Waals surface area contributed by atoms with Crippen molar-refractivity contribution in [2.45, 2.75) is 49.7 Å². The number of hydrogen-bond donors (Lipinski definition) is 1. The van der Waals surface area contributed by atoms with E-state index in [2.05, 4.69) is 48.5 Å². The molecule has 1 saturated carbocycles. The third-order valence-electron chi connectivity index (χ3n) is 6.71. The summed E-state index contributed by atoms with van der Waals surface area (Å²) in [6.45, 7) is 0.958. The van der Waals surface area contributed by atoms with Crippen molar-refractivity contribution >= 4 is 6.09 Å². The molecule has 1 unspecified atom stereocenters. The molecule has 4 heteroatoms. The van der Waals surface area contributed by atoms with Gasteiger partial charge in [0.1, 0.15) is 6.61 Å². The molecule has 27 heavy (non-hydrogen) atoms. The lowest BCUT2D eigenvalue weighted by molar-refractivity contribution is -0.0579. The highest BCUT2D eigenvalue weighted by atomic mass is 16.6. The first-order chi connectivity index (χ1) is 13.2. The minimum Gasteiger partial charge on any atom is -0.448 e. The SMILES string of the molecule is O=C(OCC1c2ccccc2-c2ccccc21)N1CCC(O)CC12CCC2. The Hall–Kier alpha value is -2.33. The van der Waals surface area contributed by atoms with Crippen LogP contribution in [0.25, 0.3) is 11.1 Å². The Morgan fingerprint density at radius 1 is 1.07 bits per heavy atom. The van der Waals surface area contributed by atoms with Crippen molar-refractivity contribution in [2.75, 3.05) is 13.2 Å². The van der Waals surface area contributed by atoms with E-state index < -0.39 is 0 Å². The first kappa shape index (κ1) is 16.8. The van der Waals surface area contributed by atoms with Gasteiger partial charge in [-0.05, 0) is 54.4 Å². The number of ether oxygens (including phenoxy) is 1. The standard InChI is InChI=1S/C23H25NO3/c25-16-10-13-24(23(14-16)11-5-12-23)22(26)27-15-21-19-8-3-1-6-17(19)18-7-2-4-9-20(18)21/h1-4,6-9,16,21,25H,5,10-15H2. The predicted octanol–water partition coefficient (Wildman–Crippen LogP) is 4.31. The maximum absolute atomic E-state index is 12.9. The van der Waals surface area contributed by atoms with E-state index in [1.807, 2.05) is 4.90 Å². The first-order valence-corrected chi connectivity index (χ1v) is 9.99. The summed E-state index contributed by atoms with van der Waals surface area (Å²) in [6, 6.07) is 16.8. The summed E-state index contributed by atoms with van der Waals surface area (Å²) in [5.41, 5.74) is 4.79. The maximum atomic E-state index is 12.9. The average molecular weight is 363 g/mol. The molecule has 5 rings (SSSR count). The lowest BCUT2D eigenvalue weighted by Gasteiger charge is -2.53. The maximum Gasteiger partial charge on any atom is 0.410 e. The minimum absolute atomic E-state index is 0.0917. The normalized spacial score (nSPS) is 22.9. The van der Waals surface area contributed by atoms with Crippen molar-refractivity contribution in [1.29, 1.82) is 0 Å². The van der Waals surface area contributed by atoms with Gasteiger partial charge in [0, 0.05) is 18.0 Å². The van der Waals surface area contributed by atoms with Crippen LogP contribution in [-0.2, 0) is 4.74 Å². The molecular weight excluding hydrogens is 338 g/mol. The number of aliphatic hydroxyl groups excluding tert-OH is 1. The van der Waals surface area contributed by atoms with Crippen LogP contribution in [0.15, 0.2) is 48.5 Å². The smallest absolute Gasteiger partial charge is 0.410 e. The second-order valence-corrected chi connectivity index (χ2v) is 8.18. The molecule has 0 bridgehead atoms. The third kappa shape index (κ3) is 2.66. The van der Waals surface area contributed by atoms with E-state index in [0.717, 1.165) is 19.3 Å². The van der Waals surface area contributed by atoms with Gasteiger partial charge >= 0.3 is 6.09 Å². The number of likely N-dealkylation sites (tertiary alicyclic amines) is 1. The highest BCUT2D eigenvalue weighted by molar-refractivity contribution is 5.79. The molecule has 140 valence electrons. The zero-order valence-electron chi connectivity index (χ0n) is 15.4. The molecule has 0 aromatic heterocycles. The molecule has 0 radical (unpaired) electrons. The highest BCUT2D eigenvalue weighted by Crippen LogP contribution is 2.46. The molecule has 1 saturated heterocycles. The van der Waals surface area contributed by atoms with Crippen molar-refractivity contribution in [1.82, 2.24) is 4.90 Å². The molecule has 1 amide bonds. The molecule has 1 heterocycles. The van der Waals surface area contributed by atoms with Gasteiger partial charge in [-0.1, -0.05) is 48.5 Å². The largest absolute Gasteiger partial charge is 0.448 e. The number of carbonyl (C=O) groups excluding carboxylic acids is 1. The molecule has 1 atom stereocenters. The average Bonchev–Trinajstić information content (AvgIpc) is 2.99. The van der Waals surface area contributed by atoms with Crippen LogP contribution in [0.1, 0.15) is 49.1 Å². The highest BCUT2D eigenvalue weighted by Gasteiger charge is 2.49. The van der Waals surface area contributed by atoms with Crippen molar-refractivity contribution in [3.8, 4) is 11.1 Å². The fraction of sp³-hybridized carbons (Fsp3) is 0.435. The molecule has 1 aliphatic heterocycles.